The van der Waals surface area contributed by atoms with Gasteiger partial charge in [-0.2, -0.15) is 0 Å². The Balaban J connectivity index is 1.53. The molecule has 2 heterocycles. The summed E-state index contributed by atoms with van der Waals surface area (Å²) in [5.41, 5.74) is 9.02. The highest BCUT2D eigenvalue weighted by Gasteiger charge is 2.38. The van der Waals surface area contributed by atoms with Crippen molar-refractivity contribution in [3.63, 3.8) is 0 Å². The summed E-state index contributed by atoms with van der Waals surface area (Å²) >= 11 is 0. The molecule has 8 heteroatoms. The molecule has 198 valence electrons. The average Bonchev–Trinajstić information content (AvgIpc) is 3.67. The minimum atomic E-state index is -1.45. The van der Waals surface area contributed by atoms with E-state index in [0.29, 0.717) is 30.9 Å². The van der Waals surface area contributed by atoms with Crippen molar-refractivity contribution in [2.75, 3.05) is 20.3 Å². The molecule has 1 saturated heterocycles. The third-order valence-electron chi connectivity index (χ3n) is 7.12. The Morgan fingerprint density at radius 1 is 1.21 bits per heavy atom. The Kier molecular flexibility index (Phi) is 7.19. The summed E-state index contributed by atoms with van der Waals surface area (Å²) in [6.45, 7) is 8.79. The van der Waals surface area contributed by atoms with Crippen molar-refractivity contribution >= 4 is 5.57 Å². The zero-order valence-electron chi connectivity index (χ0n) is 21.7. The van der Waals surface area contributed by atoms with Crippen molar-refractivity contribution in [2.45, 2.75) is 45.3 Å². The van der Waals surface area contributed by atoms with Gasteiger partial charge >= 0.3 is 0 Å². The monoisotopic (exact) mass is 521 g/mol. The number of benzene rings is 2. The molecule has 2 aromatic carbocycles. The van der Waals surface area contributed by atoms with Crippen LogP contribution in [0.15, 0.2) is 66.4 Å². The van der Waals surface area contributed by atoms with Crippen LogP contribution in [-0.2, 0) is 4.74 Å². The molecule has 1 aliphatic carbocycles. The van der Waals surface area contributed by atoms with Crippen molar-refractivity contribution < 1.29 is 22.6 Å². The third kappa shape index (κ3) is 4.77. The molecule has 2 aliphatic rings. The molecule has 0 amide bonds. The molecule has 5 rings (SSSR count). The van der Waals surface area contributed by atoms with Crippen molar-refractivity contribution in [2.24, 2.45) is 0 Å². The summed E-state index contributed by atoms with van der Waals surface area (Å²) in [6, 6.07) is 7.70. The minimum absolute atomic E-state index is 0.346. The zero-order valence-corrected chi connectivity index (χ0v) is 21.7. The highest BCUT2D eigenvalue weighted by molar-refractivity contribution is 5.74. The molecule has 1 aromatic heterocycles. The predicted molar refractivity (Wildman–Crippen MR) is 139 cm³/mol. The highest BCUT2D eigenvalue weighted by atomic mass is 19.2. The van der Waals surface area contributed by atoms with Crippen LogP contribution in [0.4, 0.5) is 13.2 Å². The first-order chi connectivity index (χ1) is 18.4. The second-order valence-electron chi connectivity index (χ2n) is 9.55. The fourth-order valence-corrected chi connectivity index (χ4v) is 5.23. The smallest absolute Gasteiger partial charge is 0.194 e. The van der Waals surface area contributed by atoms with Crippen LogP contribution in [-0.4, -0.2) is 40.8 Å². The zero-order chi connectivity index (χ0) is 27.0. The van der Waals surface area contributed by atoms with Crippen LogP contribution in [0.25, 0.3) is 11.3 Å². The fourth-order valence-electron chi connectivity index (χ4n) is 5.23. The SMILES string of the molecule is C=C=C(c1ccc(-n2cnc(C)c2)c(OC)c1)C1OCCN(C(CC)c2cc(F)c(F)c(F)c2)C1=C1CC1. The molecule has 0 radical (unpaired) electrons. The minimum Gasteiger partial charge on any atom is -0.495 e. The van der Waals surface area contributed by atoms with Gasteiger partial charge in [-0.05, 0) is 67.2 Å². The van der Waals surface area contributed by atoms with Gasteiger partial charge in [-0.25, -0.2) is 18.2 Å². The van der Waals surface area contributed by atoms with Crippen LogP contribution in [0, 0.1) is 24.4 Å². The number of rotatable bonds is 7. The summed E-state index contributed by atoms with van der Waals surface area (Å²) < 4.78 is 56.0. The van der Waals surface area contributed by atoms with Gasteiger partial charge in [0, 0.05) is 24.0 Å². The van der Waals surface area contributed by atoms with Crippen molar-refractivity contribution in [1.29, 1.82) is 0 Å². The number of imidazole rings is 1. The van der Waals surface area contributed by atoms with Gasteiger partial charge in [0.25, 0.3) is 0 Å². The summed E-state index contributed by atoms with van der Waals surface area (Å²) in [5.74, 6) is -3.17. The molecular formula is C30H30F3N3O2. The molecule has 3 aromatic rings. The molecular weight excluding hydrogens is 491 g/mol. The number of aryl methyl sites for hydroxylation is 1. The molecule has 38 heavy (non-hydrogen) atoms. The highest BCUT2D eigenvalue weighted by Crippen LogP contribution is 2.44. The van der Waals surface area contributed by atoms with Crippen molar-refractivity contribution in [3.05, 3.63) is 101 Å². The number of hydrogen-bond donors (Lipinski definition) is 0. The van der Waals surface area contributed by atoms with Crippen molar-refractivity contribution in [1.82, 2.24) is 14.5 Å². The van der Waals surface area contributed by atoms with Gasteiger partial charge < -0.3 is 18.9 Å². The number of morpholine rings is 1. The number of halogens is 3. The van der Waals surface area contributed by atoms with E-state index in [1.54, 1.807) is 13.4 Å². The number of aromatic nitrogens is 2. The van der Waals surface area contributed by atoms with E-state index in [4.69, 9.17) is 9.47 Å². The van der Waals surface area contributed by atoms with E-state index in [9.17, 15) is 13.2 Å². The van der Waals surface area contributed by atoms with E-state index in [1.165, 1.54) is 5.57 Å². The van der Waals surface area contributed by atoms with Gasteiger partial charge in [0.2, 0.25) is 0 Å². The standard InChI is InChI=1S/C30H30F3N3O2/c1-5-22(20-9-10-26(27(15-20)37-4)35-16-18(3)34-17-35)30-29(19-7-8-19)36(11-12-38-30)25(6-2)21-13-23(31)28(33)24(32)14-21/h9-10,13-17,25,30H,1,6-8,11-12H2,2-4H3. The van der Waals surface area contributed by atoms with E-state index in [-0.39, 0.29) is 6.04 Å². The van der Waals surface area contributed by atoms with E-state index in [0.717, 1.165) is 53.2 Å². The Labute approximate surface area is 220 Å². The van der Waals surface area contributed by atoms with Crippen LogP contribution < -0.4 is 4.74 Å². The Morgan fingerprint density at radius 2 is 1.95 bits per heavy atom. The summed E-state index contributed by atoms with van der Waals surface area (Å²) in [4.78, 5) is 6.46. The molecule has 1 aliphatic heterocycles. The van der Waals surface area contributed by atoms with Crippen LogP contribution in [0.1, 0.15) is 49.0 Å². The fraction of sp³-hybridized carbons (Fsp3) is 0.333. The Hall–Kier alpha value is -3.74. The topological polar surface area (TPSA) is 39.5 Å². The average molecular weight is 522 g/mol. The molecule has 2 atom stereocenters. The molecule has 0 N–H and O–H groups in total. The van der Waals surface area contributed by atoms with Gasteiger partial charge in [-0.15, -0.1) is 5.73 Å². The Bertz CT molecular complexity index is 1430. The van der Waals surface area contributed by atoms with E-state index in [2.05, 4.69) is 22.2 Å². The molecule has 0 bridgehead atoms. The first-order valence-corrected chi connectivity index (χ1v) is 12.7. The number of allylic oxidation sites excluding steroid dienone is 1. The second-order valence-corrected chi connectivity index (χ2v) is 9.55. The van der Waals surface area contributed by atoms with Gasteiger partial charge in [-0.1, -0.05) is 19.6 Å². The lowest BCUT2D eigenvalue weighted by Gasteiger charge is -2.43. The lowest BCUT2D eigenvalue weighted by Crippen LogP contribution is -2.43. The van der Waals surface area contributed by atoms with Crippen LogP contribution in [0.5, 0.6) is 5.75 Å². The van der Waals surface area contributed by atoms with Gasteiger partial charge in [-0.3, -0.25) is 0 Å². The first kappa shape index (κ1) is 25.9. The summed E-state index contributed by atoms with van der Waals surface area (Å²) in [5, 5.41) is 0. The molecule has 2 fully saturated rings. The van der Waals surface area contributed by atoms with Gasteiger partial charge in [0.15, 0.2) is 17.5 Å². The lowest BCUT2D eigenvalue weighted by molar-refractivity contribution is 0.0197. The third-order valence-corrected chi connectivity index (χ3v) is 7.12. The quantitative estimate of drug-likeness (QED) is 0.257. The van der Waals surface area contributed by atoms with Crippen LogP contribution in [0.2, 0.25) is 0 Å². The van der Waals surface area contributed by atoms with E-state index < -0.39 is 23.6 Å². The normalized spacial score (nSPS) is 17.8. The number of ether oxygens (including phenoxy) is 2. The summed E-state index contributed by atoms with van der Waals surface area (Å²) in [6.07, 6.45) is 5.61. The van der Waals surface area contributed by atoms with E-state index >= 15 is 0 Å². The second kappa shape index (κ2) is 10.6. The van der Waals surface area contributed by atoms with Gasteiger partial charge in [0.1, 0.15) is 11.9 Å². The summed E-state index contributed by atoms with van der Waals surface area (Å²) in [7, 11) is 1.62. The maximum atomic E-state index is 14.2. The maximum absolute atomic E-state index is 14.2. The molecule has 0 spiro atoms. The Morgan fingerprint density at radius 3 is 2.53 bits per heavy atom. The van der Waals surface area contributed by atoms with Crippen LogP contribution in [0.3, 0.4) is 0 Å². The first-order valence-electron chi connectivity index (χ1n) is 12.7. The van der Waals surface area contributed by atoms with Gasteiger partial charge in [0.05, 0.1) is 37.5 Å². The molecule has 5 nitrogen and oxygen atoms in total. The molecule has 1 saturated carbocycles. The number of methoxy groups -OCH3 is 1. The van der Waals surface area contributed by atoms with E-state index in [1.807, 2.05) is 42.8 Å². The predicted octanol–water partition coefficient (Wildman–Crippen LogP) is 6.67. The van der Waals surface area contributed by atoms with Crippen molar-refractivity contribution in [3.8, 4) is 11.4 Å². The maximum Gasteiger partial charge on any atom is 0.194 e. The number of nitrogens with zero attached hydrogens (tertiary/aromatic N) is 3. The lowest BCUT2D eigenvalue weighted by atomic mass is 9.93. The largest absolute Gasteiger partial charge is 0.495 e. The van der Waals surface area contributed by atoms with Crippen LogP contribution >= 0.6 is 0 Å². The molecule has 2 unspecified atom stereocenters. The number of hydrogen-bond acceptors (Lipinski definition) is 4.